The van der Waals surface area contributed by atoms with Gasteiger partial charge in [0.25, 0.3) is 6.43 Å². The van der Waals surface area contributed by atoms with Gasteiger partial charge >= 0.3 is 0 Å². The predicted molar refractivity (Wildman–Crippen MR) is 73.4 cm³/mol. The molecular formula is C15H22F2N2. The Labute approximate surface area is 113 Å². The SMILES string of the molecule is CCN1CCCC1CNCc1ccc(C(F)F)cc1. The first-order valence-electron chi connectivity index (χ1n) is 7.02. The molecular weight excluding hydrogens is 246 g/mol. The topological polar surface area (TPSA) is 15.3 Å². The number of nitrogens with one attached hydrogen (secondary N) is 1. The van der Waals surface area contributed by atoms with Crippen LogP contribution in [0.15, 0.2) is 24.3 Å². The first-order chi connectivity index (χ1) is 9.20. The summed E-state index contributed by atoms with van der Waals surface area (Å²) in [5, 5.41) is 3.43. The van der Waals surface area contributed by atoms with Crippen LogP contribution in [0.4, 0.5) is 8.78 Å². The van der Waals surface area contributed by atoms with E-state index in [9.17, 15) is 8.78 Å². The molecule has 1 aromatic carbocycles. The van der Waals surface area contributed by atoms with Gasteiger partial charge in [0.1, 0.15) is 0 Å². The van der Waals surface area contributed by atoms with Gasteiger partial charge in [0.15, 0.2) is 0 Å². The van der Waals surface area contributed by atoms with Crippen molar-refractivity contribution in [3.8, 4) is 0 Å². The summed E-state index contributed by atoms with van der Waals surface area (Å²) in [6.45, 7) is 6.23. The van der Waals surface area contributed by atoms with Crippen molar-refractivity contribution in [1.29, 1.82) is 0 Å². The molecule has 0 radical (unpaired) electrons. The normalized spacial score (nSPS) is 20.3. The maximum atomic E-state index is 12.4. The number of benzene rings is 1. The van der Waals surface area contributed by atoms with Gasteiger partial charge in [-0.1, -0.05) is 31.2 Å². The van der Waals surface area contributed by atoms with Crippen molar-refractivity contribution in [1.82, 2.24) is 10.2 Å². The molecule has 1 aliphatic heterocycles. The molecule has 1 atom stereocenters. The summed E-state index contributed by atoms with van der Waals surface area (Å²) >= 11 is 0. The minimum atomic E-state index is -2.38. The lowest BCUT2D eigenvalue weighted by Crippen LogP contribution is -2.37. The molecule has 19 heavy (non-hydrogen) atoms. The molecule has 0 bridgehead atoms. The van der Waals surface area contributed by atoms with Crippen LogP contribution in [0.2, 0.25) is 0 Å². The fourth-order valence-corrected chi connectivity index (χ4v) is 2.71. The highest BCUT2D eigenvalue weighted by molar-refractivity contribution is 5.23. The van der Waals surface area contributed by atoms with Gasteiger partial charge in [-0.2, -0.15) is 0 Å². The second kappa shape index (κ2) is 6.96. The molecule has 1 fully saturated rings. The van der Waals surface area contributed by atoms with Crippen LogP contribution < -0.4 is 5.32 Å². The molecule has 106 valence electrons. The van der Waals surface area contributed by atoms with Gasteiger partial charge in [0, 0.05) is 24.7 Å². The highest BCUT2D eigenvalue weighted by Gasteiger charge is 2.21. The van der Waals surface area contributed by atoms with Crippen molar-refractivity contribution in [3.63, 3.8) is 0 Å². The largest absolute Gasteiger partial charge is 0.311 e. The molecule has 1 aliphatic rings. The highest BCUT2D eigenvalue weighted by atomic mass is 19.3. The van der Waals surface area contributed by atoms with E-state index in [1.54, 1.807) is 12.1 Å². The van der Waals surface area contributed by atoms with Gasteiger partial charge < -0.3 is 5.32 Å². The molecule has 1 N–H and O–H groups in total. The Kier molecular flexibility index (Phi) is 5.28. The number of likely N-dealkylation sites (tertiary alicyclic amines) is 1. The van der Waals surface area contributed by atoms with Crippen LogP contribution in [0.5, 0.6) is 0 Å². The third-order valence-electron chi connectivity index (χ3n) is 3.85. The number of nitrogens with zero attached hydrogens (tertiary/aromatic N) is 1. The first kappa shape index (κ1) is 14.4. The summed E-state index contributed by atoms with van der Waals surface area (Å²) in [7, 11) is 0. The Morgan fingerprint density at radius 1 is 1.32 bits per heavy atom. The Balaban J connectivity index is 1.76. The van der Waals surface area contributed by atoms with E-state index in [0.29, 0.717) is 6.04 Å². The van der Waals surface area contributed by atoms with Gasteiger partial charge in [0.2, 0.25) is 0 Å². The first-order valence-corrected chi connectivity index (χ1v) is 7.02. The summed E-state index contributed by atoms with van der Waals surface area (Å²) in [4.78, 5) is 2.49. The number of hydrogen-bond acceptors (Lipinski definition) is 2. The lowest BCUT2D eigenvalue weighted by atomic mass is 10.1. The fraction of sp³-hybridized carbons (Fsp3) is 0.600. The fourth-order valence-electron chi connectivity index (χ4n) is 2.71. The summed E-state index contributed by atoms with van der Waals surface area (Å²) < 4.78 is 24.8. The maximum absolute atomic E-state index is 12.4. The van der Waals surface area contributed by atoms with Crippen molar-refractivity contribution in [2.24, 2.45) is 0 Å². The maximum Gasteiger partial charge on any atom is 0.263 e. The van der Waals surface area contributed by atoms with E-state index in [4.69, 9.17) is 0 Å². The molecule has 0 amide bonds. The van der Waals surface area contributed by atoms with E-state index >= 15 is 0 Å². The van der Waals surface area contributed by atoms with E-state index in [1.807, 2.05) is 0 Å². The smallest absolute Gasteiger partial charge is 0.263 e. The van der Waals surface area contributed by atoms with E-state index in [2.05, 4.69) is 17.1 Å². The number of likely N-dealkylation sites (N-methyl/N-ethyl adjacent to an activating group) is 1. The van der Waals surface area contributed by atoms with Crippen molar-refractivity contribution in [3.05, 3.63) is 35.4 Å². The van der Waals surface area contributed by atoms with Crippen LogP contribution >= 0.6 is 0 Å². The van der Waals surface area contributed by atoms with Crippen molar-refractivity contribution in [2.75, 3.05) is 19.6 Å². The summed E-state index contributed by atoms with van der Waals surface area (Å²) in [6.07, 6.45) is 0.160. The number of alkyl halides is 2. The van der Waals surface area contributed by atoms with Crippen molar-refractivity contribution < 1.29 is 8.78 Å². The molecule has 0 aromatic heterocycles. The molecule has 4 heteroatoms. The van der Waals surface area contributed by atoms with Crippen LogP contribution in [-0.2, 0) is 6.54 Å². The second-order valence-electron chi connectivity index (χ2n) is 5.10. The highest BCUT2D eigenvalue weighted by Crippen LogP contribution is 2.19. The molecule has 1 heterocycles. The molecule has 1 aromatic rings. The average molecular weight is 268 g/mol. The minimum Gasteiger partial charge on any atom is -0.311 e. The zero-order valence-electron chi connectivity index (χ0n) is 11.4. The zero-order chi connectivity index (χ0) is 13.7. The monoisotopic (exact) mass is 268 g/mol. The second-order valence-corrected chi connectivity index (χ2v) is 5.10. The lowest BCUT2D eigenvalue weighted by molar-refractivity contribution is 0.151. The minimum absolute atomic E-state index is 0.0942. The summed E-state index contributed by atoms with van der Waals surface area (Å²) in [5.41, 5.74) is 1.15. The number of hydrogen-bond donors (Lipinski definition) is 1. The van der Waals surface area contributed by atoms with E-state index in [1.165, 1.54) is 31.5 Å². The number of halogens is 2. The van der Waals surface area contributed by atoms with Crippen LogP contribution in [0.1, 0.15) is 37.3 Å². The van der Waals surface area contributed by atoms with Crippen LogP contribution in [-0.4, -0.2) is 30.6 Å². The van der Waals surface area contributed by atoms with Crippen molar-refractivity contribution >= 4 is 0 Å². The van der Waals surface area contributed by atoms with Crippen molar-refractivity contribution in [2.45, 2.75) is 38.8 Å². The van der Waals surface area contributed by atoms with Gasteiger partial charge in [-0.15, -0.1) is 0 Å². The predicted octanol–water partition coefficient (Wildman–Crippen LogP) is 3.20. The van der Waals surface area contributed by atoms with Crippen LogP contribution in [0, 0.1) is 0 Å². The van der Waals surface area contributed by atoms with Gasteiger partial charge in [0.05, 0.1) is 0 Å². The van der Waals surface area contributed by atoms with Crippen LogP contribution in [0.25, 0.3) is 0 Å². The Hall–Kier alpha value is -1.00. The summed E-state index contributed by atoms with van der Waals surface area (Å²) in [5.74, 6) is 0. The lowest BCUT2D eigenvalue weighted by Gasteiger charge is -2.23. The van der Waals surface area contributed by atoms with Gasteiger partial charge in [-0.05, 0) is 31.5 Å². The third-order valence-corrected chi connectivity index (χ3v) is 3.85. The van der Waals surface area contributed by atoms with E-state index in [-0.39, 0.29) is 5.56 Å². The standard InChI is InChI=1S/C15H22F2N2/c1-2-19-9-3-4-14(19)11-18-10-12-5-7-13(8-6-12)15(16)17/h5-8,14-15,18H,2-4,9-11H2,1H3. The van der Waals surface area contributed by atoms with Gasteiger partial charge in [-0.3, -0.25) is 4.90 Å². The molecule has 1 unspecified atom stereocenters. The molecule has 0 spiro atoms. The summed E-state index contributed by atoms with van der Waals surface area (Å²) in [6, 6.07) is 7.21. The Morgan fingerprint density at radius 3 is 2.68 bits per heavy atom. The molecule has 2 nitrogen and oxygen atoms in total. The zero-order valence-corrected chi connectivity index (χ0v) is 11.4. The molecule has 2 rings (SSSR count). The molecule has 0 aliphatic carbocycles. The van der Waals surface area contributed by atoms with Crippen LogP contribution in [0.3, 0.4) is 0 Å². The third kappa shape index (κ3) is 3.98. The van der Waals surface area contributed by atoms with E-state index < -0.39 is 6.43 Å². The number of rotatable bonds is 6. The Morgan fingerprint density at radius 2 is 2.05 bits per heavy atom. The van der Waals surface area contributed by atoms with E-state index in [0.717, 1.165) is 25.2 Å². The van der Waals surface area contributed by atoms with Gasteiger partial charge in [-0.25, -0.2) is 8.78 Å². The quantitative estimate of drug-likeness (QED) is 0.852. The molecule has 1 saturated heterocycles. The average Bonchev–Trinajstić information content (AvgIpc) is 2.87. The Bertz CT molecular complexity index is 378. The molecule has 0 saturated carbocycles.